The molecule has 2 aliphatic heterocycles. The predicted molar refractivity (Wildman–Crippen MR) is 83.7 cm³/mol. The Kier molecular flexibility index (Phi) is 4.78. The summed E-state index contributed by atoms with van der Waals surface area (Å²) in [5, 5.41) is 4.51. The number of aromatic nitrogens is 2. The lowest BCUT2D eigenvalue weighted by Crippen LogP contribution is -2.47. The first-order valence-electron chi connectivity index (χ1n) is 8.24. The van der Waals surface area contributed by atoms with E-state index < -0.39 is 0 Å². The molecule has 122 valence electrons. The van der Waals surface area contributed by atoms with E-state index >= 15 is 0 Å². The lowest BCUT2D eigenvalue weighted by atomic mass is 10.2. The van der Waals surface area contributed by atoms with E-state index in [1.54, 1.807) is 0 Å². The van der Waals surface area contributed by atoms with Crippen molar-refractivity contribution >= 4 is 5.91 Å². The van der Waals surface area contributed by atoms with Gasteiger partial charge in [0.2, 0.25) is 5.91 Å². The molecule has 1 amide bonds. The molecule has 0 saturated carbocycles. The van der Waals surface area contributed by atoms with Crippen LogP contribution in [0.1, 0.15) is 24.2 Å². The number of ether oxygens (including phenoxy) is 1. The first-order chi connectivity index (χ1) is 10.6. The zero-order valence-corrected chi connectivity index (χ0v) is 13.6. The number of morpholine rings is 1. The van der Waals surface area contributed by atoms with Gasteiger partial charge in [-0.25, -0.2) is 0 Å². The van der Waals surface area contributed by atoms with Gasteiger partial charge < -0.3 is 9.64 Å². The molecule has 1 aromatic rings. The molecule has 3 rings (SSSR count). The molecule has 0 unspecified atom stereocenters. The molecule has 0 radical (unpaired) electrons. The van der Waals surface area contributed by atoms with Gasteiger partial charge in [0, 0.05) is 44.8 Å². The number of hydrogen-bond acceptors (Lipinski definition) is 4. The Bertz CT molecular complexity index is 528. The van der Waals surface area contributed by atoms with Crippen molar-refractivity contribution < 1.29 is 9.53 Å². The van der Waals surface area contributed by atoms with E-state index in [-0.39, 0.29) is 6.10 Å². The van der Waals surface area contributed by atoms with Crippen LogP contribution in [0, 0.1) is 13.8 Å². The van der Waals surface area contributed by atoms with E-state index in [1.807, 2.05) is 16.5 Å². The zero-order valence-electron chi connectivity index (χ0n) is 13.6. The minimum absolute atomic E-state index is 0.182. The maximum Gasteiger partial charge on any atom is 0.222 e. The van der Waals surface area contributed by atoms with Crippen molar-refractivity contribution in [1.82, 2.24) is 19.6 Å². The summed E-state index contributed by atoms with van der Waals surface area (Å²) in [7, 11) is 0. The number of amides is 1. The van der Waals surface area contributed by atoms with Gasteiger partial charge in [-0.15, -0.1) is 0 Å². The number of nitrogens with zero attached hydrogens (tertiary/aromatic N) is 4. The van der Waals surface area contributed by atoms with Crippen LogP contribution in [0.2, 0.25) is 0 Å². The molecule has 0 aromatic carbocycles. The fourth-order valence-electron chi connectivity index (χ4n) is 3.35. The topological polar surface area (TPSA) is 50.6 Å². The van der Waals surface area contributed by atoms with Crippen LogP contribution < -0.4 is 0 Å². The molecule has 1 aromatic heterocycles. The van der Waals surface area contributed by atoms with Gasteiger partial charge >= 0.3 is 0 Å². The summed E-state index contributed by atoms with van der Waals surface area (Å²) in [6.07, 6.45) is 1.92. The second kappa shape index (κ2) is 6.79. The summed E-state index contributed by atoms with van der Waals surface area (Å²) in [6, 6.07) is 2.10. The zero-order chi connectivity index (χ0) is 15.5. The Balaban J connectivity index is 1.48. The van der Waals surface area contributed by atoms with Crippen molar-refractivity contribution in [2.75, 3.05) is 39.3 Å². The first kappa shape index (κ1) is 15.5. The van der Waals surface area contributed by atoms with Crippen molar-refractivity contribution in [1.29, 1.82) is 0 Å². The quantitative estimate of drug-likeness (QED) is 0.808. The molecule has 0 spiro atoms. The van der Waals surface area contributed by atoms with Gasteiger partial charge in [0.15, 0.2) is 0 Å². The minimum Gasteiger partial charge on any atom is -0.374 e. The second-order valence-corrected chi connectivity index (χ2v) is 6.39. The van der Waals surface area contributed by atoms with Crippen molar-refractivity contribution in [3.05, 3.63) is 17.5 Å². The Morgan fingerprint density at radius 1 is 1.32 bits per heavy atom. The van der Waals surface area contributed by atoms with Gasteiger partial charge in [-0.2, -0.15) is 5.10 Å². The van der Waals surface area contributed by atoms with Gasteiger partial charge in [-0.1, -0.05) is 0 Å². The number of carbonyl (C=O) groups excluding carboxylic acids is 1. The number of aryl methyl sites for hydroxylation is 2. The van der Waals surface area contributed by atoms with Crippen LogP contribution >= 0.6 is 0 Å². The predicted octanol–water partition coefficient (Wildman–Crippen LogP) is 0.823. The molecule has 2 saturated heterocycles. The van der Waals surface area contributed by atoms with Crippen LogP contribution in [0.5, 0.6) is 0 Å². The third-order valence-corrected chi connectivity index (χ3v) is 4.56. The Morgan fingerprint density at radius 2 is 2.18 bits per heavy atom. The molecular formula is C16H26N4O2. The van der Waals surface area contributed by atoms with E-state index in [0.29, 0.717) is 5.91 Å². The van der Waals surface area contributed by atoms with Crippen molar-refractivity contribution in [3.63, 3.8) is 0 Å². The molecule has 0 bridgehead atoms. The number of hydrogen-bond donors (Lipinski definition) is 0. The average Bonchev–Trinajstić information content (AvgIpc) is 3.03. The summed E-state index contributed by atoms with van der Waals surface area (Å²) >= 11 is 0. The van der Waals surface area contributed by atoms with Crippen molar-refractivity contribution in [2.45, 2.75) is 39.3 Å². The Morgan fingerprint density at radius 3 is 2.86 bits per heavy atom. The van der Waals surface area contributed by atoms with Gasteiger partial charge in [-0.05, 0) is 26.3 Å². The normalized spacial score (nSPS) is 23.5. The maximum atomic E-state index is 11.7. The number of carbonyl (C=O) groups is 1. The van der Waals surface area contributed by atoms with E-state index in [2.05, 4.69) is 23.0 Å². The van der Waals surface area contributed by atoms with Crippen molar-refractivity contribution in [3.8, 4) is 0 Å². The first-order valence-corrected chi connectivity index (χ1v) is 8.24. The smallest absolute Gasteiger partial charge is 0.222 e. The highest BCUT2D eigenvalue weighted by molar-refractivity contribution is 5.78. The molecule has 2 aliphatic rings. The summed E-state index contributed by atoms with van der Waals surface area (Å²) in [6.45, 7) is 10.3. The van der Waals surface area contributed by atoms with Gasteiger partial charge in [0.25, 0.3) is 0 Å². The van der Waals surface area contributed by atoms with Crippen LogP contribution in [-0.2, 0) is 16.1 Å². The van der Waals surface area contributed by atoms with Gasteiger partial charge in [0.1, 0.15) is 0 Å². The number of likely N-dealkylation sites (tertiary alicyclic amines) is 1. The SMILES string of the molecule is Cc1cc(C)n(C[C@@H]2CN(CCN3CCCC3=O)CCO2)n1. The maximum absolute atomic E-state index is 11.7. The lowest BCUT2D eigenvalue weighted by Gasteiger charge is -2.34. The summed E-state index contributed by atoms with van der Waals surface area (Å²) in [4.78, 5) is 16.1. The summed E-state index contributed by atoms with van der Waals surface area (Å²) in [5.74, 6) is 0.312. The van der Waals surface area contributed by atoms with E-state index in [4.69, 9.17) is 4.74 Å². The highest BCUT2D eigenvalue weighted by Gasteiger charge is 2.24. The van der Waals surface area contributed by atoms with E-state index in [0.717, 1.165) is 64.4 Å². The standard InChI is InChI=1S/C16H26N4O2/c1-13-10-14(2)20(17-13)12-15-11-18(8-9-22-15)6-7-19-5-3-4-16(19)21/h10,15H,3-9,11-12H2,1-2H3/t15-/m0/s1. The fourth-order valence-corrected chi connectivity index (χ4v) is 3.35. The number of rotatable bonds is 5. The van der Waals surface area contributed by atoms with Crippen LogP contribution in [-0.4, -0.2) is 70.9 Å². The average molecular weight is 306 g/mol. The Labute approximate surface area is 132 Å². The summed E-state index contributed by atoms with van der Waals surface area (Å²) in [5.41, 5.74) is 2.23. The monoisotopic (exact) mass is 306 g/mol. The van der Waals surface area contributed by atoms with Crippen LogP contribution in [0.25, 0.3) is 0 Å². The molecule has 2 fully saturated rings. The molecular weight excluding hydrogens is 280 g/mol. The highest BCUT2D eigenvalue weighted by atomic mass is 16.5. The minimum atomic E-state index is 0.182. The molecule has 3 heterocycles. The molecule has 1 atom stereocenters. The Hall–Kier alpha value is -1.40. The van der Waals surface area contributed by atoms with Gasteiger partial charge in [-0.3, -0.25) is 14.4 Å². The van der Waals surface area contributed by atoms with Crippen LogP contribution in [0.4, 0.5) is 0 Å². The third kappa shape index (κ3) is 3.67. The van der Waals surface area contributed by atoms with E-state index in [1.165, 1.54) is 5.69 Å². The lowest BCUT2D eigenvalue weighted by molar-refractivity contribution is -0.128. The second-order valence-electron chi connectivity index (χ2n) is 6.39. The van der Waals surface area contributed by atoms with Crippen LogP contribution in [0.3, 0.4) is 0 Å². The largest absolute Gasteiger partial charge is 0.374 e. The molecule has 6 nitrogen and oxygen atoms in total. The van der Waals surface area contributed by atoms with Crippen molar-refractivity contribution in [2.24, 2.45) is 0 Å². The molecule has 6 heteroatoms. The van der Waals surface area contributed by atoms with E-state index in [9.17, 15) is 4.79 Å². The van der Waals surface area contributed by atoms with Crippen LogP contribution in [0.15, 0.2) is 6.07 Å². The fraction of sp³-hybridized carbons (Fsp3) is 0.750. The van der Waals surface area contributed by atoms with Gasteiger partial charge in [0.05, 0.1) is 24.9 Å². The summed E-state index contributed by atoms with van der Waals surface area (Å²) < 4.78 is 7.92. The molecule has 0 N–H and O–H groups in total. The molecule has 22 heavy (non-hydrogen) atoms. The molecule has 0 aliphatic carbocycles. The highest BCUT2D eigenvalue weighted by Crippen LogP contribution is 2.12. The third-order valence-electron chi connectivity index (χ3n) is 4.56.